The summed E-state index contributed by atoms with van der Waals surface area (Å²) in [6.45, 7) is 5.68. The molecule has 1 heterocycles. The summed E-state index contributed by atoms with van der Waals surface area (Å²) < 4.78 is 0. The van der Waals surface area contributed by atoms with Crippen molar-refractivity contribution < 1.29 is 14.4 Å². The average molecular weight is 343 g/mol. The first kappa shape index (κ1) is 17.5. The van der Waals surface area contributed by atoms with Gasteiger partial charge in [-0.25, -0.2) is 4.79 Å². The van der Waals surface area contributed by atoms with E-state index in [1.807, 2.05) is 45.0 Å². The highest BCUT2D eigenvalue weighted by Gasteiger charge is 2.54. The Hall–Kier alpha value is -2.37. The predicted molar refractivity (Wildman–Crippen MR) is 93.7 cm³/mol. The van der Waals surface area contributed by atoms with E-state index in [1.54, 1.807) is 0 Å². The Labute approximate surface area is 148 Å². The van der Waals surface area contributed by atoms with Crippen LogP contribution in [0.1, 0.15) is 44.7 Å². The normalized spacial score (nSPS) is 23.6. The van der Waals surface area contributed by atoms with E-state index in [-0.39, 0.29) is 30.3 Å². The molecule has 3 rings (SSSR count). The summed E-state index contributed by atoms with van der Waals surface area (Å²) in [6, 6.07) is 7.21. The molecule has 4 amide bonds. The number of imide groups is 1. The minimum atomic E-state index is -1.02. The van der Waals surface area contributed by atoms with Gasteiger partial charge in [0.15, 0.2) is 0 Å². The number of carbonyl (C=O) groups excluding carboxylic acids is 3. The van der Waals surface area contributed by atoms with Gasteiger partial charge in [0, 0.05) is 6.04 Å². The standard InChI is InChI=1S/C19H25N3O3/c1-12(2)13(3)20-16(23)11-22-17(24)19(21-18(22)25)10-6-8-14-7-4-5-9-15(14)19/h4-5,7,9,12-13H,6,8,10-11H2,1-3H3,(H,20,23)(H,21,25)/t13-,19+/m0/s1. The molecule has 1 fully saturated rings. The van der Waals surface area contributed by atoms with Crippen LogP contribution in [0, 0.1) is 5.92 Å². The number of nitrogens with zero attached hydrogens (tertiary/aromatic N) is 1. The third-order valence-electron chi connectivity index (χ3n) is 5.34. The van der Waals surface area contributed by atoms with Gasteiger partial charge in [-0.05, 0) is 43.2 Å². The lowest BCUT2D eigenvalue weighted by molar-refractivity contribution is -0.135. The summed E-state index contributed by atoms with van der Waals surface area (Å²) in [6.07, 6.45) is 2.29. The Morgan fingerprint density at radius 3 is 2.72 bits per heavy atom. The molecule has 1 aromatic carbocycles. The molecule has 1 aliphatic carbocycles. The minimum absolute atomic E-state index is 0.0161. The zero-order chi connectivity index (χ0) is 18.2. The number of urea groups is 1. The van der Waals surface area contributed by atoms with E-state index in [9.17, 15) is 14.4 Å². The van der Waals surface area contributed by atoms with Crippen LogP contribution in [0.3, 0.4) is 0 Å². The number of carbonyl (C=O) groups is 3. The Kier molecular flexibility index (Phi) is 4.54. The van der Waals surface area contributed by atoms with Crippen LogP contribution in [0.4, 0.5) is 4.79 Å². The minimum Gasteiger partial charge on any atom is -0.352 e. The largest absolute Gasteiger partial charge is 0.352 e. The van der Waals surface area contributed by atoms with Gasteiger partial charge in [0.1, 0.15) is 12.1 Å². The van der Waals surface area contributed by atoms with Crippen molar-refractivity contribution in [2.75, 3.05) is 6.54 Å². The maximum Gasteiger partial charge on any atom is 0.325 e. The van der Waals surface area contributed by atoms with Crippen LogP contribution < -0.4 is 10.6 Å². The fraction of sp³-hybridized carbons (Fsp3) is 0.526. The van der Waals surface area contributed by atoms with E-state index in [4.69, 9.17) is 0 Å². The molecule has 0 saturated carbocycles. The van der Waals surface area contributed by atoms with E-state index in [1.165, 1.54) is 0 Å². The maximum atomic E-state index is 13.1. The summed E-state index contributed by atoms with van der Waals surface area (Å²) >= 11 is 0. The van der Waals surface area contributed by atoms with Crippen LogP contribution >= 0.6 is 0 Å². The lowest BCUT2D eigenvalue weighted by Crippen LogP contribution is -2.48. The quantitative estimate of drug-likeness (QED) is 0.820. The predicted octanol–water partition coefficient (Wildman–Crippen LogP) is 1.93. The zero-order valence-electron chi connectivity index (χ0n) is 15.0. The molecule has 134 valence electrons. The fourth-order valence-electron chi connectivity index (χ4n) is 3.56. The smallest absolute Gasteiger partial charge is 0.325 e. The van der Waals surface area contributed by atoms with Crippen LogP contribution in [0.15, 0.2) is 24.3 Å². The number of nitrogens with one attached hydrogen (secondary N) is 2. The van der Waals surface area contributed by atoms with E-state index >= 15 is 0 Å². The molecular formula is C19H25N3O3. The third-order valence-corrected chi connectivity index (χ3v) is 5.34. The van der Waals surface area contributed by atoms with Gasteiger partial charge in [-0.15, -0.1) is 0 Å². The van der Waals surface area contributed by atoms with Gasteiger partial charge in [0.05, 0.1) is 0 Å². The third kappa shape index (κ3) is 3.01. The van der Waals surface area contributed by atoms with Gasteiger partial charge in [-0.3, -0.25) is 14.5 Å². The van der Waals surface area contributed by atoms with Crippen LogP contribution in [-0.4, -0.2) is 35.3 Å². The van der Waals surface area contributed by atoms with Crippen molar-refractivity contribution in [3.63, 3.8) is 0 Å². The van der Waals surface area contributed by atoms with E-state index in [0.717, 1.165) is 28.9 Å². The molecule has 0 bridgehead atoms. The molecule has 25 heavy (non-hydrogen) atoms. The lowest BCUT2D eigenvalue weighted by Gasteiger charge is -2.33. The molecule has 1 aliphatic heterocycles. The van der Waals surface area contributed by atoms with Gasteiger partial charge in [-0.2, -0.15) is 0 Å². The Morgan fingerprint density at radius 1 is 1.28 bits per heavy atom. The fourth-order valence-corrected chi connectivity index (χ4v) is 3.56. The molecule has 0 radical (unpaired) electrons. The monoisotopic (exact) mass is 343 g/mol. The van der Waals surface area contributed by atoms with E-state index < -0.39 is 11.6 Å². The molecule has 1 aromatic rings. The lowest BCUT2D eigenvalue weighted by atomic mass is 9.76. The molecule has 0 unspecified atom stereocenters. The Morgan fingerprint density at radius 2 is 2.00 bits per heavy atom. The van der Waals surface area contributed by atoms with E-state index in [0.29, 0.717) is 6.42 Å². The summed E-state index contributed by atoms with van der Waals surface area (Å²) in [5.74, 6) is -0.355. The number of rotatable bonds is 4. The van der Waals surface area contributed by atoms with Gasteiger partial charge >= 0.3 is 6.03 Å². The maximum absolute atomic E-state index is 13.1. The van der Waals surface area contributed by atoms with Crippen LogP contribution in [0.5, 0.6) is 0 Å². The summed E-state index contributed by atoms with van der Waals surface area (Å²) in [4.78, 5) is 38.8. The summed E-state index contributed by atoms with van der Waals surface area (Å²) in [7, 11) is 0. The molecular weight excluding hydrogens is 318 g/mol. The molecule has 1 saturated heterocycles. The van der Waals surface area contributed by atoms with Gasteiger partial charge < -0.3 is 10.6 Å². The van der Waals surface area contributed by atoms with Crippen molar-refractivity contribution in [1.29, 1.82) is 0 Å². The molecule has 0 aromatic heterocycles. The first-order valence-electron chi connectivity index (χ1n) is 8.87. The number of fused-ring (bicyclic) bond motifs is 2. The summed E-state index contributed by atoms with van der Waals surface area (Å²) in [5, 5.41) is 5.71. The number of hydrogen-bond acceptors (Lipinski definition) is 3. The van der Waals surface area contributed by atoms with E-state index in [2.05, 4.69) is 10.6 Å². The van der Waals surface area contributed by atoms with Gasteiger partial charge in [-0.1, -0.05) is 38.1 Å². The highest BCUT2D eigenvalue weighted by molar-refractivity contribution is 6.09. The topological polar surface area (TPSA) is 78.5 Å². The second-order valence-corrected chi connectivity index (χ2v) is 7.34. The van der Waals surface area contributed by atoms with Crippen molar-refractivity contribution in [2.24, 2.45) is 5.92 Å². The number of hydrogen-bond donors (Lipinski definition) is 2. The number of aryl methyl sites for hydroxylation is 1. The van der Waals surface area contributed by atoms with Crippen molar-refractivity contribution in [3.8, 4) is 0 Å². The van der Waals surface area contributed by atoms with Crippen molar-refractivity contribution in [2.45, 2.75) is 51.6 Å². The van der Waals surface area contributed by atoms with Crippen LogP contribution in [-0.2, 0) is 21.5 Å². The van der Waals surface area contributed by atoms with Crippen LogP contribution in [0.2, 0.25) is 0 Å². The van der Waals surface area contributed by atoms with Gasteiger partial charge in [0.2, 0.25) is 5.91 Å². The second kappa shape index (κ2) is 6.50. The second-order valence-electron chi connectivity index (χ2n) is 7.34. The first-order valence-corrected chi connectivity index (χ1v) is 8.87. The molecule has 2 aliphatic rings. The highest BCUT2D eigenvalue weighted by Crippen LogP contribution is 2.39. The molecule has 2 atom stereocenters. The SMILES string of the molecule is CC(C)[C@H](C)NC(=O)CN1C(=O)N[C@@]2(CCCc3ccccc32)C1=O. The first-order chi connectivity index (χ1) is 11.8. The highest BCUT2D eigenvalue weighted by atomic mass is 16.2. The van der Waals surface area contributed by atoms with Crippen molar-refractivity contribution >= 4 is 17.8 Å². The average Bonchev–Trinajstić information content (AvgIpc) is 2.80. The van der Waals surface area contributed by atoms with Crippen molar-refractivity contribution in [1.82, 2.24) is 15.5 Å². The molecule has 6 nitrogen and oxygen atoms in total. The Balaban J connectivity index is 1.81. The number of benzene rings is 1. The van der Waals surface area contributed by atoms with Crippen molar-refractivity contribution in [3.05, 3.63) is 35.4 Å². The zero-order valence-corrected chi connectivity index (χ0v) is 15.0. The van der Waals surface area contributed by atoms with Crippen LogP contribution in [0.25, 0.3) is 0 Å². The Bertz CT molecular complexity index is 716. The molecule has 2 N–H and O–H groups in total. The summed E-state index contributed by atoms with van der Waals surface area (Å²) in [5.41, 5.74) is 0.927. The molecule has 1 spiro atoms. The van der Waals surface area contributed by atoms with Gasteiger partial charge in [0.25, 0.3) is 5.91 Å². The molecule has 6 heteroatoms. The number of amides is 4.